The Hall–Kier alpha value is -2.98. The molecule has 5 rings (SSSR count). The molecule has 1 spiro atoms. The minimum atomic E-state index is -5.08. The standard InChI is InChI=1S/C20H10Cl2O8S/c21-14-16(24)15(22)18(31(26,27)28)13-17(14)29-12-7-8(23)5-6-11(12)20(13)10-4-2-1-3-9(10)19(25)30-20/h1-7,23-24H,(H,26,27,28). The van der Waals surface area contributed by atoms with Gasteiger partial charge in [0, 0.05) is 17.2 Å². The van der Waals surface area contributed by atoms with Crippen molar-refractivity contribution in [1.82, 2.24) is 0 Å². The molecule has 0 radical (unpaired) electrons. The van der Waals surface area contributed by atoms with Gasteiger partial charge in [0.1, 0.15) is 26.4 Å². The lowest BCUT2D eigenvalue weighted by Crippen LogP contribution is -2.35. The summed E-state index contributed by atoms with van der Waals surface area (Å²) in [7, 11) is -5.08. The second-order valence-electron chi connectivity index (χ2n) is 6.88. The lowest BCUT2D eigenvalue weighted by atomic mass is 9.77. The van der Waals surface area contributed by atoms with E-state index in [0.29, 0.717) is 0 Å². The van der Waals surface area contributed by atoms with Crippen molar-refractivity contribution in [2.75, 3.05) is 0 Å². The van der Waals surface area contributed by atoms with Crippen LogP contribution in [0.1, 0.15) is 27.0 Å². The number of benzene rings is 3. The van der Waals surface area contributed by atoms with Crippen LogP contribution in [-0.2, 0) is 20.5 Å². The first-order valence-corrected chi connectivity index (χ1v) is 10.8. The number of aromatic hydroxyl groups is 2. The van der Waals surface area contributed by atoms with Crippen molar-refractivity contribution in [1.29, 1.82) is 0 Å². The van der Waals surface area contributed by atoms with Crippen molar-refractivity contribution in [3.63, 3.8) is 0 Å². The van der Waals surface area contributed by atoms with Crippen molar-refractivity contribution in [3.05, 3.63) is 74.8 Å². The number of halogens is 2. The third-order valence-corrected chi connectivity index (χ3v) is 6.96. The van der Waals surface area contributed by atoms with Gasteiger partial charge in [0.25, 0.3) is 10.1 Å². The maximum atomic E-state index is 12.8. The van der Waals surface area contributed by atoms with Gasteiger partial charge >= 0.3 is 5.97 Å². The Morgan fingerprint density at radius 1 is 0.968 bits per heavy atom. The molecule has 3 N–H and O–H groups in total. The van der Waals surface area contributed by atoms with Gasteiger partial charge in [-0.15, -0.1) is 0 Å². The molecular formula is C20H10Cl2O8S. The summed E-state index contributed by atoms with van der Waals surface area (Å²) >= 11 is 12.3. The SMILES string of the molecule is O=C1OC2(c3ccc(O)cc3Oc3c(Cl)c(O)c(Cl)c(S(=O)(=O)O)c32)c2ccccc21. The Bertz CT molecular complexity index is 1430. The summed E-state index contributed by atoms with van der Waals surface area (Å²) in [5.74, 6) is -2.24. The van der Waals surface area contributed by atoms with E-state index in [2.05, 4.69) is 0 Å². The van der Waals surface area contributed by atoms with Crippen molar-refractivity contribution in [3.8, 4) is 23.0 Å². The van der Waals surface area contributed by atoms with Gasteiger partial charge in [-0.3, -0.25) is 4.55 Å². The average Bonchev–Trinajstić information content (AvgIpc) is 3.00. The van der Waals surface area contributed by atoms with E-state index in [9.17, 15) is 28.0 Å². The number of carbonyl (C=O) groups is 1. The monoisotopic (exact) mass is 480 g/mol. The number of fused-ring (bicyclic) bond motifs is 6. The van der Waals surface area contributed by atoms with Crippen LogP contribution in [0.5, 0.6) is 23.0 Å². The third kappa shape index (κ3) is 2.51. The summed E-state index contributed by atoms with van der Waals surface area (Å²) in [5.41, 5.74) is -1.80. The maximum Gasteiger partial charge on any atom is 0.340 e. The van der Waals surface area contributed by atoms with Gasteiger partial charge in [-0.25, -0.2) is 4.79 Å². The molecule has 31 heavy (non-hydrogen) atoms. The normalized spacial score (nSPS) is 18.7. The summed E-state index contributed by atoms with van der Waals surface area (Å²) in [6, 6.07) is 10.1. The Kier molecular flexibility index (Phi) is 4.03. The summed E-state index contributed by atoms with van der Waals surface area (Å²) in [6.07, 6.45) is 0. The molecule has 3 aromatic rings. The fourth-order valence-corrected chi connectivity index (χ4v) is 5.60. The maximum absolute atomic E-state index is 12.8. The molecule has 1 unspecified atom stereocenters. The molecule has 8 nitrogen and oxygen atoms in total. The van der Waals surface area contributed by atoms with Crippen LogP contribution < -0.4 is 4.74 Å². The zero-order valence-corrected chi connectivity index (χ0v) is 17.4. The van der Waals surface area contributed by atoms with Crippen LogP contribution in [0.3, 0.4) is 0 Å². The Balaban J connectivity index is 2.05. The second-order valence-corrected chi connectivity index (χ2v) is 9.00. The Morgan fingerprint density at radius 3 is 2.39 bits per heavy atom. The van der Waals surface area contributed by atoms with Crippen LogP contribution in [0.4, 0.5) is 0 Å². The molecule has 158 valence electrons. The van der Waals surface area contributed by atoms with Crippen LogP contribution in [0.25, 0.3) is 0 Å². The first kappa shape index (κ1) is 20.0. The molecule has 0 saturated carbocycles. The van der Waals surface area contributed by atoms with Gasteiger partial charge in [0.05, 0.1) is 11.1 Å². The lowest BCUT2D eigenvalue weighted by Gasteiger charge is -2.38. The van der Waals surface area contributed by atoms with Gasteiger partial charge < -0.3 is 19.7 Å². The van der Waals surface area contributed by atoms with E-state index in [1.807, 2.05) is 0 Å². The van der Waals surface area contributed by atoms with Crippen molar-refractivity contribution >= 4 is 39.3 Å². The van der Waals surface area contributed by atoms with E-state index in [0.717, 1.165) is 0 Å². The molecule has 0 aromatic heterocycles. The topological polar surface area (TPSA) is 130 Å². The Morgan fingerprint density at radius 2 is 1.68 bits per heavy atom. The zero-order valence-electron chi connectivity index (χ0n) is 15.1. The van der Waals surface area contributed by atoms with E-state index >= 15 is 0 Å². The number of rotatable bonds is 1. The van der Waals surface area contributed by atoms with Crippen LogP contribution in [-0.4, -0.2) is 29.2 Å². The summed E-state index contributed by atoms with van der Waals surface area (Å²) in [4.78, 5) is 11.9. The first-order chi connectivity index (χ1) is 14.6. The molecule has 11 heteroatoms. The molecule has 2 aliphatic rings. The number of phenols is 2. The van der Waals surface area contributed by atoms with E-state index in [-0.39, 0.29) is 33.8 Å². The lowest BCUT2D eigenvalue weighted by molar-refractivity contribution is 0.0214. The van der Waals surface area contributed by atoms with Gasteiger partial charge in [-0.05, 0) is 18.2 Å². The highest BCUT2D eigenvalue weighted by molar-refractivity contribution is 7.86. The average molecular weight is 481 g/mol. The van der Waals surface area contributed by atoms with Crippen LogP contribution in [0.2, 0.25) is 10.0 Å². The number of hydrogen-bond donors (Lipinski definition) is 3. The Labute approximate surface area is 184 Å². The van der Waals surface area contributed by atoms with Crippen molar-refractivity contribution in [2.24, 2.45) is 0 Å². The largest absolute Gasteiger partial charge is 0.508 e. The summed E-state index contributed by atoms with van der Waals surface area (Å²) in [5, 5.41) is 19.0. The second kappa shape index (κ2) is 6.27. The molecule has 2 aliphatic heterocycles. The van der Waals surface area contributed by atoms with Crippen LogP contribution in [0.15, 0.2) is 47.4 Å². The predicted octanol–water partition coefficient (Wildman–Crippen LogP) is 4.22. The van der Waals surface area contributed by atoms with Gasteiger partial charge in [-0.1, -0.05) is 41.4 Å². The predicted molar refractivity (Wildman–Crippen MR) is 108 cm³/mol. The van der Waals surface area contributed by atoms with E-state index < -0.39 is 48.1 Å². The molecule has 0 fully saturated rings. The highest BCUT2D eigenvalue weighted by Crippen LogP contribution is 2.62. The fraction of sp³-hybridized carbons (Fsp3) is 0.0500. The molecule has 2 heterocycles. The number of ether oxygens (including phenoxy) is 2. The third-order valence-electron chi connectivity index (χ3n) is 5.21. The molecule has 3 aromatic carbocycles. The van der Waals surface area contributed by atoms with E-state index in [1.54, 1.807) is 12.1 Å². The highest BCUT2D eigenvalue weighted by atomic mass is 35.5. The number of phenolic OH excluding ortho intramolecular Hbond substituents is 2. The van der Waals surface area contributed by atoms with Gasteiger partial charge in [0.2, 0.25) is 0 Å². The van der Waals surface area contributed by atoms with Crippen molar-refractivity contribution < 1.29 is 37.5 Å². The molecular weight excluding hydrogens is 471 g/mol. The molecule has 0 aliphatic carbocycles. The minimum Gasteiger partial charge on any atom is -0.508 e. The van der Waals surface area contributed by atoms with Crippen LogP contribution in [0, 0.1) is 0 Å². The molecule has 0 saturated heterocycles. The van der Waals surface area contributed by atoms with Crippen molar-refractivity contribution in [2.45, 2.75) is 10.5 Å². The number of esters is 1. The molecule has 0 amide bonds. The minimum absolute atomic E-state index is 0.0121. The van der Waals surface area contributed by atoms with E-state index in [4.69, 9.17) is 32.7 Å². The molecule has 1 atom stereocenters. The number of hydrogen-bond acceptors (Lipinski definition) is 7. The summed E-state index contributed by atoms with van der Waals surface area (Å²) in [6.45, 7) is 0. The van der Waals surface area contributed by atoms with Crippen LogP contribution >= 0.6 is 23.2 Å². The fourth-order valence-electron chi connectivity index (χ4n) is 4.03. The number of carbonyl (C=O) groups excluding carboxylic acids is 1. The first-order valence-electron chi connectivity index (χ1n) is 8.63. The van der Waals surface area contributed by atoms with Gasteiger partial charge in [0.15, 0.2) is 17.1 Å². The quantitative estimate of drug-likeness (QED) is 0.348. The van der Waals surface area contributed by atoms with Gasteiger partial charge in [-0.2, -0.15) is 8.42 Å². The smallest absolute Gasteiger partial charge is 0.340 e. The zero-order chi connectivity index (χ0) is 22.3. The van der Waals surface area contributed by atoms with E-state index in [1.165, 1.54) is 30.3 Å². The highest BCUT2D eigenvalue weighted by Gasteiger charge is 2.57. The molecule has 0 bridgehead atoms. The summed E-state index contributed by atoms with van der Waals surface area (Å²) < 4.78 is 46.2.